The molecule has 1 fully saturated rings. The lowest BCUT2D eigenvalue weighted by atomic mass is 9.92. The van der Waals surface area contributed by atoms with Gasteiger partial charge in [-0.05, 0) is 42.4 Å². The van der Waals surface area contributed by atoms with Crippen molar-refractivity contribution >= 4 is 23.5 Å². The Bertz CT molecular complexity index is 897. The lowest BCUT2D eigenvalue weighted by molar-refractivity contribution is -0.143. The summed E-state index contributed by atoms with van der Waals surface area (Å²) in [6.45, 7) is 0.897. The number of benzene rings is 1. The number of ether oxygens (including phenoxy) is 1. The molecule has 2 aromatic rings. The normalized spacial score (nSPS) is 18.7. The monoisotopic (exact) mass is 386 g/mol. The fraction of sp³-hybridized carbons (Fsp3) is 0.350. The molecule has 6 nitrogen and oxygen atoms in total. The molecule has 2 heterocycles. The van der Waals surface area contributed by atoms with E-state index in [2.05, 4.69) is 4.98 Å². The maximum Gasteiger partial charge on any atom is 0.331 e. The number of rotatable bonds is 5. The van der Waals surface area contributed by atoms with Gasteiger partial charge in [-0.2, -0.15) is 0 Å². The van der Waals surface area contributed by atoms with Crippen molar-refractivity contribution in [3.05, 3.63) is 58.2 Å². The Labute approximate surface area is 161 Å². The van der Waals surface area contributed by atoms with Crippen molar-refractivity contribution in [2.45, 2.75) is 25.3 Å². The van der Waals surface area contributed by atoms with E-state index in [1.165, 1.54) is 17.2 Å². The predicted molar refractivity (Wildman–Crippen MR) is 99.0 cm³/mol. The Morgan fingerprint density at radius 1 is 1.30 bits per heavy atom. The summed E-state index contributed by atoms with van der Waals surface area (Å²) in [5, 5.41) is 9.98. The average Bonchev–Trinajstić information content (AvgIpc) is 3.49. The van der Waals surface area contributed by atoms with Gasteiger partial charge in [-0.15, -0.1) is 0 Å². The third kappa shape index (κ3) is 3.62. The van der Waals surface area contributed by atoms with Gasteiger partial charge in [0, 0.05) is 12.7 Å². The second kappa shape index (κ2) is 7.19. The van der Waals surface area contributed by atoms with Crippen molar-refractivity contribution < 1.29 is 19.4 Å². The molecule has 1 aliphatic heterocycles. The summed E-state index contributed by atoms with van der Waals surface area (Å²) in [5.41, 5.74) is 1.85. The van der Waals surface area contributed by atoms with E-state index in [1.54, 1.807) is 12.1 Å². The standard InChI is InChI=1S/C20H19ClN2O4/c21-16-9-14(10-22-18(16)27-11-12-5-6-12)19(24)23-8-7-13-3-1-2-4-15(13)17(23)20(25)26/h1-4,9-10,12,17H,5-8,11H2,(H,25,26). The predicted octanol–water partition coefficient (Wildman–Crippen LogP) is 3.35. The second-order valence-corrected chi connectivity index (χ2v) is 7.36. The van der Waals surface area contributed by atoms with Crippen LogP contribution in [0.4, 0.5) is 0 Å². The van der Waals surface area contributed by atoms with Crippen LogP contribution >= 0.6 is 11.6 Å². The first-order chi connectivity index (χ1) is 13.0. The number of amides is 1. The van der Waals surface area contributed by atoms with E-state index in [9.17, 15) is 14.7 Å². The highest BCUT2D eigenvalue weighted by atomic mass is 35.5. The molecular weight excluding hydrogens is 368 g/mol. The van der Waals surface area contributed by atoms with Gasteiger partial charge < -0.3 is 14.7 Å². The summed E-state index contributed by atoms with van der Waals surface area (Å²) >= 11 is 6.22. The molecule has 1 aliphatic carbocycles. The van der Waals surface area contributed by atoms with E-state index < -0.39 is 17.9 Å². The van der Waals surface area contributed by atoms with Crippen LogP contribution in [0.2, 0.25) is 5.02 Å². The zero-order valence-corrected chi connectivity index (χ0v) is 15.4. The zero-order chi connectivity index (χ0) is 19.0. The van der Waals surface area contributed by atoms with Crippen molar-refractivity contribution in [1.82, 2.24) is 9.88 Å². The van der Waals surface area contributed by atoms with Crippen molar-refractivity contribution in [3.63, 3.8) is 0 Å². The molecular formula is C20H19ClN2O4. The molecule has 1 aromatic heterocycles. The number of carbonyl (C=O) groups is 2. The zero-order valence-electron chi connectivity index (χ0n) is 14.6. The first-order valence-corrected chi connectivity index (χ1v) is 9.32. The summed E-state index contributed by atoms with van der Waals surface area (Å²) in [6, 6.07) is 7.79. The van der Waals surface area contributed by atoms with E-state index in [4.69, 9.17) is 16.3 Å². The number of carboxylic acid groups (broad SMARTS) is 1. The van der Waals surface area contributed by atoms with E-state index >= 15 is 0 Å². The van der Waals surface area contributed by atoms with Gasteiger partial charge in [-0.1, -0.05) is 35.9 Å². The third-order valence-corrected chi connectivity index (χ3v) is 5.26. The highest BCUT2D eigenvalue weighted by Crippen LogP contribution is 2.33. The van der Waals surface area contributed by atoms with Gasteiger partial charge >= 0.3 is 5.97 Å². The van der Waals surface area contributed by atoms with Crippen LogP contribution in [-0.4, -0.2) is 40.0 Å². The first-order valence-electron chi connectivity index (χ1n) is 8.94. The number of carboxylic acids is 1. The molecule has 1 atom stereocenters. The first kappa shape index (κ1) is 17.8. The molecule has 1 aromatic carbocycles. The quantitative estimate of drug-likeness (QED) is 0.852. The fourth-order valence-corrected chi connectivity index (χ4v) is 3.57. The number of carbonyl (C=O) groups excluding carboxylic acids is 1. The van der Waals surface area contributed by atoms with Crippen LogP contribution in [0.15, 0.2) is 36.5 Å². The highest BCUT2D eigenvalue weighted by Gasteiger charge is 2.36. The molecule has 27 heavy (non-hydrogen) atoms. The van der Waals surface area contributed by atoms with Gasteiger partial charge in [0.15, 0.2) is 6.04 Å². The van der Waals surface area contributed by atoms with E-state index in [1.807, 2.05) is 12.1 Å². The topological polar surface area (TPSA) is 79.7 Å². The fourth-order valence-electron chi connectivity index (χ4n) is 3.35. The molecule has 4 rings (SSSR count). The van der Waals surface area contributed by atoms with Crippen molar-refractivity contribution in [3.8, 4) is 5.88 Å². The van der Waals surface area contributed by atoms with Gasteiger partial charge in [0.05, 0.1) is 12.2 Å². The molecule has 0 saturated heterocycles. The number of aromatic nitrogens is 1. The maximum absolute atomic E-state index is 13.0. The van der Waals surface area contributed by atoms with Crippen LogP contribution in [-0.2, 0) is 11.2 Å². The summed E-state index contributed by atoms with van der Waals surface area (Å²) < 4.78 is 5.58. The SMILES string of the molecule is O=C(O)C1c2ccccc2CCN1C(=O)c1cnc(OCC2CC2)c(Cl)c1. The summed E-state index contributed by atoms with van der Waals surface area (Å²) in [7, 11) is 0. The Hall–Kier alpha value is -2.60. The minimum absolute atomic E-state index is 0.254. The second-order valence-electron chi connectivity index (χ2n) is 6.95. The molecule has 1 unspecified atom stereocenters. The number of halogens is 1. The minimum atomic E-state index is -1.06. The Kier molecular flexibility index (Phi) is 4.74. The number of pyridine rings is 1. The number of nitrogens with zero attached hydrogens (tertiary/aromatic N) is 2. The van der Waals surface area contributed by atoms with Crippen molar-refractivity contribution in [2.75, 3.05) is 13.2 Å². The molecule has 1 N–H and O–H groups in total. The Morgan fingerprint density at radius 3 is 2.78 bits per heavy atom. The van der Waals surface area contributed by atoms with Crippen molar-refractivity contribution in [2.24, 2.45) is 5.92 Å². The number of hydrogen-bond donors (Lipinski definition) is 1. The van der Waals surface area contributed by atoms with Crippen LogP contribution in [0.3, 0.4) is 0 Å². The Balaban J connectivity index is 1.58. The molecule has 7 heteroatoms. The van der Waals surface area contributed by atoms with Gasteiger partial charge in [-0.25, -0.2) is 9.78 Å². The minimum Gasteiger partial charge on any atom is -0.479 e. The summed E-state index contributed by atoms with van der Waals surface area (Å²) in [4.78, 5) is 30.4. The molecule has 0 spiro atoms. The lowest BCUT2D eigenvalue weighted by Gasteiger charge is -2.34. The van der Waals surface area contributed by atoms with Crippen LogP contribution in [0.25, 0.3) is 0 Å². The summed E-state index contributed by atoms with van der Waals surface area (Å²) in [5.74, 6) is -0.591. The van der Waals surface area contributed by atoms with E-state index in [-0.39, 0.29) is 10.6 Å². The number of hydrogen-bond acceptors (Lipinski definition) is 4. The molecule has 2 aliphatic rings. The molecule has 0 radical (unpaired) electrons. The van der Waals surface area contributed by atoms with Gasteiger partial charge in [0.25, 0.3) is 5.91 Å². The largest absolute Gasteiger partial charge is 0.479 e. The van der Waals surface area contributed by atoms with E-state index in [0.29, 0.717) is 36.9 Å². The summed E-state index contributed by atoms with van der Waals surface area (Å²) in [6.07, 6.45) is 4.31. The Morgan fingerprint density at radius 2 is 2.07 bits per heavy atom. The average molecular weight is 387 g/mol. The van der Waals surface area contributed by atoms with Crippen LogP contribution in [0.5, 0.6) is 5.88 Å². The number of fused-ring (bicyclic) bond motifs is 1. The smallest absolute Gasteiger partial charge is 0.331 e. The van der Waals surface area contributed by atoms with Crippen LogP contribution < -0.4 is 4.74 Å². The van der Waals surface area contributed by atoms with Gasteiger partial charge in [-0.3, -0.25) is 4.79 Å². The van der Waals surface area contributed by atoms with Crippen LogP contribution in [0.1, 0.15) is 40.4 Å². The lowest BCUT2D eigenvalue weighted by Crippen LogP contribution is -2.43. The van der Waals surface area contributed by atoms with Crippen molar-refractivity contribution in [1.29, 1.82) is 0 Å². The molecule has 140 valence electrons. The van der Waals surface area contributed by atoms with Crippen LogP contribution in [0, 0.1) is 5.92 Å². The molecule has 1 amide bonds. The van der Waals surface area contributed by atoms with Gasteiger partial charge in [0.1, 0.15) is 5.02 Å². The van der Waals surface area contributed by atoms with Gasteiger partial charge in [0.2, 0.25) is 5.88 Å². The third-order valence-electron chi connectivity index (χ3n) is 4.99. The molecule has 0 bridgehead atoms. The maximum atomic E-state index is 13.0. The number of aliphatic carboxylic acids is 1. The van der Waals surface area contributed by atoms with E-state index in [0.717, 1.165) is 18.4 Å². The molecule has 1 saturated carbocycles. The highest BCUT2D eigenvalue weighted by molar-refractivity contribution is 6.32.